The van der Waals surface area contributed by atoms with Crippen LogP contribution in [-0.4, -0.2) is 60.3 Å². The standard InChI is InChI=1S/C19H28O7/c1-10-5-6-18(8-23-11(2)20)13(7-10)26-16-14(22)15(25-12(3)21)17(18,4)19(16)9-24-19/h10,13-16,22H,5-9H2,1-4H3. The first kappa shape index (κ1) is 18.2. The van der Waals surface area contributed by atoms with Gasteiger partial charge in [-0.2, -0.15) is 0 Å². The topological polar surface area (TPSA) is 94.6 Å². The van der Waals surface area contributed by atoms with Gasteiger partial charge in [-0.25, -0.2) is 0 Å². The molecule has 0 amide bonds. The highest BCUT2D eigenvalue weighted by molar-refractivity contribution is 5.67. The fraction of sp³-hybridized carbons (Fsp3) is 0.895. The van der Waals surface area contributed by atoms with Crippen LogP contribution in [0, 0.1) is 16.7 Å². The second-order valence-electron chi connectivity index (χ2n) is 8.76. The minimum atomic E-state index is -0.957. The molecular weight excluding hydrogens is 340 g/mol. The highest BCUT2D eigenvalue weighted by Crippen LogP contribution is 2.72. The third-order valence-electron chi connectivity index (χ3n) is 7.47. The summed E-state index contributed by atoms with van der Waals surface area (Å²) in [5.74, 6) is -0.315. The lowest BCUT2D eigenvalue weighted by molar-refractivity contribution is -0.257. The largest absolute Gasteiger partial charge is 0.465 e. The molecule has 1 spiro atoms. The Kier molecular flexibility index (Phi) is 3.96. The van der Waals surface area contributed by atoms with E-state index in [1.54, 1.807) is 0 Å². The number of esters is 2. The van der Waals surface area contributed by atoms with Crippen molar-refractivity contribution in [1.82, 2.24) is 0 Å². The molecule has 2 aliphatic carbocycles. The molecule has 7 heteroatoms. The van der Waals surface area contributed by atoms with E-state index in [4.69, 9.17) is 18.9 Å². The zero-order chi connectivity index (χ0) is 18.9. The number of carbonyl (C=O) groups excluding carboxylic acids is 2. The highest BCUT2D eigenvalue weighted by atomic mass is 16.7. The number of hydrogen-bond acceptors (Lipinski definition) is 7. The van der Waals surface area contributed by atoms with E-state index in [1.807, 2.05) is 6.92 Å². The van der Waals surface area contributed by atoms with E-state index in [2.05, 4.69) is 6.92 Å². The molecule has 0 radical (unpaired) electrons. The Hall–Kier alpha value is -1.18. The molecule has 2 bridgehead atoms. The fourth-order valence-electron chi connectivity index (χ4n) is 5.99. The molecule has 146 valence electrons. The number of aliphatic hydroxyl groups is 1. The van der Waals surface area contributed by atoms with Gasteiger partial charge in [0.15, 0.2) is 0 Å². The summed E-state index contributed by atoms with van der Waals surface area (Å²) in [6.07, 6.45) is 0.139. The molecule has 1 N–H and O–H groups in total. The molecule has 4 rings (SSSR count). The van der Waals surface area contributed by atoms with Crippen molar-refractivity contribution < 1.29 is 33.6 Å². The molecule has 0 aromatic heterocycles. The lowest BCUT2D eigenvalue weighted by Crippen LogP contribution is -2.67. The first-order valence-electron chi connectivity index (χ1n) is 9.46. The highest BCUT2D eigenvalue weighted by Gasteiger charge is 2.86. The van der Waals surface area contributed by atoms with E-state index in [1.165, 1.54) is 13.8 Å². The van der Waals surface area contributed by atoms with Gasteiger partial charge in [-0.1, -0.05) is 13.8 Å². The maximum atomic E-state index is 11.8. The van der Waals surface area contributed by atoms with Gasteiger partial charge in [0, 0.05) is 19.3 Å². The summed E-state index contributed by atoms with van der Waals surface area (Å²) in [6.45, 7) is 7.57. The normalized spacial score (nSPS) is 51.7. The number of rotatable bonds is 3. The molecule has 2 aliphatic heterocycles. The van der Waals surface area contributed by atoms with Crippen LogP contribution in [-0.2, 0) is 28.5 Å². The summed E-state index contributed by atoms with van der Waals surface area (Å²) >= 11 is 0. The summed E-state index contributed by atoms with van der Waals surface area (Å²) in [5.41, 5.74) is -1.94. The Balaban J connectivity index is 1.82. The van der Waals surface area contributed by atoms with E-state index in [-0.39, 0.29) is 18.7 Å². The van der Waals surface area contributed by atoms with Crippen LogP contribution in [0.15, 0.2) is 0 Å². The van der Waals surface area contributed by atoms with Gasteiger partial charge in [0.05, 0.1) is 18.1 Å². The summed E-state index contributed by atoms with van der Waals surface area (Å²) in [6, 6.07) is 0. The van der Waals surface area contributed by atoms with Crippen LogP contribution >= 0.6 is 0 Å². The first-order valence-corrected chi connectivity index (χ1v) is 9.46. The predicted molar refractivity (Wildman–Crippen MR) is 89.1 cm³/mol. The summed E-state index contributed by atoms with van der Waals surface area (Å²) in [7, 11) is 0. The number of carbonyl (C=O) groups is 2. The van der Waals surface area contributed by atoms with Crippen molar-refractivity contribution in [2.75, 3.05) is 13.2 Å². The van der Waals surface area contributed by atoms with Crippen LogP contribution in [0.5, 0.6) is 0 Å². The fourth-order valence-corrected chi connectivity index (χ4v) is 5.99. The maximum absolute atomic E-state index is 11.8. The molecule has 2 heterocycles. The van der Waals surface area contributed by atoms with Gasteiger partial charge in [0.2, 0.25) is 0 Å². The number of ether oxygens (including phenoxy) is 4. The second kappa shape index (κ2) is 5.66. The molecule has 2 saturated heterocycles. The van der Waals surface area contributed by atoms with Crippen LogP contribution in [0.2, 0.25) is 0 Å². The van der Waals surface area contributed by atoms with E-state index >= 15 is 0 Å². The Morgan fingerprint density at radius 2 is 1.96 bits per heavy atom. The van der Waals surface area contributed by atoms with Gasteiger partial charge in [0.1, 0.15) is 30.5 Å². The molecule has 4 fully saturated rings. The second-order valence-corrected chi connectivity index (χ2v) is 8.76. The molecule has 8 unspecified atom stereocenters. The Labute approximate surface area is 153 Å². The third kappa shape index (κ3) is 2.11. The summed E-state index contributed by atoms with van der Waals surface area (Å²) in [4.78, 5) is 23.4. The number of epoxide rings is 1. The quantitative estimate of drug-likeness (QED) is 0.591. The van der Waals surface area contributed by atoms with Crippen LogP contribution in [0.4, 0.5) is 0 Å². The van der Waals surface area contributed by atoms with Crippen molar-refractivity contribution in [3.63, 3.8) is 0 Å². The van der Waals surface area contributed by atoms with Gasteiger partial charge in [-0.15, -0.1) is 0 Å². The van der Waals surface area contributed by atoms with E-state index in [9.17, 15) is 14.7 Å². The van der Waals surface area contributed by atoms with Gasteiger partial charge in [0.25, 0.3) is 0 Å². The smallest absolute Gasteiger partial charge is 0.303 e. The molecule has 7 nitrogen and oxygen atoms in total. The van der Waals surface area contributed by atoms with Gasteiger partial charge in [-0.05, 0) is 25.2 Å². The zero-order valence-electron chi connectivity index (χ0n) is 15.8. The summed E-state index contributed by atoms with van der Waals surface area (Å²) < 4.78 is 23.4. The lowest BCUT2D eigenvalue weighted by Gasteiger charge is -2.59. The minimum absolute atomic E-state index is 0.175. The average Bonchev–Trinajstić information content (AvgIpc) is 3.34. The van der Waals surface area contributed by atoms with Crippen LogP contribution in [0.3, 0.4) is 0 Å². The van der Waals surface area contributed by atoms with Crippen molar-refractivity contribution in [2.45, 2.75) is 77.0 Å². The molecule has 0 aromatic carbocycles. The van der Waals surface area contributed by atoms with E-state index in [0.29, 0.717) is 12.5 Å². The summed E-state index contributed by atoms with van der Waals surface area (Å²) in [5, 5.41) is 11.0. The minimum Gasteiger partial charge on any atom is -0.465 e. The molecule has 0 aromatic rings. The SMILES string of the molecule is CC(=O)OCC12CCC(C)CC1OC1C(O)C(OC(C)=O)C2(C)C12CO2. The van der Waals surface area contributed by atoms with Gasteiger partial charge in [-0.3, -0.25) is 9.59 Å². The average molecular weight is 368 g/mol. The molecule has 2 saturated carbocycles. The van der Waals surface area contributed by atoms with Crippen LogP contribution < -0.4 is 0 Å². The van der Waals surface area contributed by atoms with Gasteiger partial charge < -0.3 is 24.1 Å². The lowest BCUT2D eigenvalue weighted by atomic mass is 9.50. The van der Waals surface area contributed by atoms with Crippen molar-refractivity contribution in [1.29, 1.82) is 0 Å². The molecule has 26 heavy (non-hydrogen) atoms. The Morgan fingerprint density at radius 1 is 1.27 bits per heavy atom. The number of aliphatic hydroxyl groups excluding tert-OH is 1. The van der Waals surface area contributed by atoms with Crippen molar-refractivity contribution in [3.05, 3.63) is 0 Å². The maximum Gasteiger partial charge on any atom is 0.303 e. The predicted octanol–water partition coefficient (Wildman–Crippen LogP) is 1.20. The van der Waals surface area contributed by atoms with Crippen molar-refractivity contribution >= 4 is 11.9 Å². The Bertz CT molecular complexity index is 629. The van der Waals surface area contributed by atoms with Crippen LogP contribution in [0.25, 0.3) is 0 Å². The molecule has 4 aliphatic rings. The van der Waals surface area contributed by atoms with Crippen molar-refractivity contribution in [2.24, 2.45) is 16.7 Å². The Morgan fingerprint density at radius 3 is 2.54 bits per heavy atom. The third-order valence-corrected chi connectivity index (χ3v) is 7.47. The first-order chi connectivity index (χ1) is 12.2. The van der Waals surface area contributed by atoms with E-state index < -0.39 is 40.7 Å². The van der Waals surface area contributed by atoms with Gasteiger partial charge >= 0.3 is 11.9 Å². The molecule has 8 atom stereocenters. The molecular formula is C19H28O7. The van der Waals surface area contributed by atoms with Crippen molar-refractivity contribution in [3.8, 4) is 0 Å². The monoisotopic (exact) mass is 368 g/mol. The number of fused-ring (bicyclic) bond motifs is 2. The zero-order valence-corrected chi connectivity index (χ0v) is 15.8. The van der Waals surface area contributed by atoms with Crippen LogP contribution in [0.1, 0.15) is 47.0 Å². The van der Waals surface area contributed by atoms with E-state index in [0.717, 1.165) is 19.3 Å². The number of hydrogen-bond donors (Lipinski definition) is 1.